The van der Waals surface area contributed by atoms with Crippen LogP contribution in [0.25, 0.3) is 0 Å². The highest BCUT2D eigenvalue weighted by Crippen LogP contribution is 2.17. The second-order valence-corrected chi connectivity index (χ2v) is 20.4. The fourth-order valence-corrected chi connectivity index (χ4v) is 9.20. The Morgan fingerprint density at radius 3 is 0.818 bits per heavy atom. The average molecular weight is 930 g/mol. The van der Waals surface area contributed by atoms with E-state index in [4.69, 9.17) is 9.47 Å². The molecule has 0 aliphatic rings. The van der Waals surface area contributed by atoms with Crippen molar-refractivity contribution in [1.82, 2.24) is 0 Å². The molecule has 66 heavy (non-hydrogen) atoms. The van der Waals surface area contributed by atoms with Gasteiger partial charge in [-0.25, -0.2) is 0 Å². The molecule has 390 valence electrons. The van der Waals surface area contributed by atoms with E-state index in [9.17, 15) is 14.7 Å². The van der Waals surface area contributed by atoms with E-state index in [0.717, 1.165) is 38.5 Å². The van der Waals surface area contributed by atoms with Gasteiger partial charge in [0.15, 0.2) is 6.10 Å². The van der Waals surface area contributed by atoms with Gasteiger partial charge in [0.25, 0.3) is 0 Å². The van der Waals surface area contributed by atoms with Crippen LogP contribution in [0, 0.1) is 0 Å². The Balaban J connectivity index is 3.42. The Labute approximate surface area is 413 Å². The normalized spacial score (nSPS) is 12.2. The van der Waals surface area contributed by atoms with Crippen molar-refractivity contribution in [1.29, 1.82) is 0 Å². The van der Waals surface area contributed by atoms with E-state index in [1.54, 1.807) is 0 Å². The van der Waals surface area contributed by atoms with Crippen molar-refractivity contribution >= 4 is 11.9 Å². The van der Waals surface area contributed by atoms with Crippen molar-refractivity contribution in [3.05, 3.63) is 24.3 Å². The summed E-state index contributed by atoms with van der Waals surface area (Å²) in [4.78, 5) is 24.5. The highest BCUT2D eigenvalue weighted by Gasteiger charge is 2.16. The first-order valence-electron chi connectivity index (χ1n) is 29.9. The quantitative estimate of drug-likeness (QED) is 0.0374. The van der Waals surface area contributed by atoms with Gasteiger partial charge in [-0.3, -0.25) is 9.59 Å². The lowest BCUT2D eigenvalue weighted by Gasteiger charge is -2.15. The second-order valence-electron chi connectivity index (χ2n) is 20.4. The van der Waals surface area contributed by atoms with E-state index in [0.29, 0.717) is 12.8 Å². The van der Waals surface area contributed by atoms with E-state index in [1.165, 1.54) is 270 Å². The summed E-state index contributed by atoms with van der Waals surface area (Å²) >= 11 is 0. The summed E-state index contributed by atoms with van der Waals surface area (Å²) in [6.07, 6.45) is 73.1. The molecule has 0 aromatic carbocycles. The summed E-state index contributed by atoms with van der Waals surface area (Å²) in [6, 6.07) is 0. The summed E-state index contributed by atoms with van der Waals surface area (Å²) in [5.74, 6) is -0.571. The molecule has 0 aromatic heterocycles. The third-order valence-electron chi connectivity index (χ3n) is 13.7. The number of hydrogen-bond acceptors (Lipinski definition) is 5. The predicted octanol–water partition coefficient (Wildman–Crippen LogP) is 20.1. The monoisotopic (exact) mass is 929 g/mol. The molecule has 0 bridgehead atoms. The molecule has 1 atom stereocenters. The number of hydrogen-bond donors (Lipinski definition) is 1. The van der Waals surface area contributed by atoms with Gasteiger partial charge < -0.3 is 14.6 Å². The summed E-state index contributed by atoms with van der Waals surface area (Å²) in [6.45, 7) is 4.19. The molecule has 5 heteroatoms. The van der Waals surface area contributed by atoms with Gasteiger partial charge in [-0.15, -0.1) is 0 Å². The van der Waals surface area contributed by atoms with Crippen LogP contribution >= 0.6 is 0 Å². The Kier molecular flexibility index (Phi) is 56.3. The largest absolute Gasteiger partial charge is 0.462 e. The first-order valence-corrected chi connectivity index (χ1v) is 29.9. The lowest BCUT2D eigenvalue weighted by molar-refractivity contribution is -0.161. The van der Waals surface area contributed by atoms with Crippen molar-refractivity contribution in [2.45, 2.75) is 341 Å². The maximum absolute atomic E-state index is 12.3. The van der Waals surface area contributed by atoms with Crippen molar-refractivity contribution in [2.24, 2.45) is 0 Å². The van der Waals surface area contributed by atoms with E-state index >= 15 is 0 Å². The van der Waals surface area contributed by atoms with Crippen molar-refractivity contribution in [2.75, 3.05) is 13.2 Å². The molecule has 0 saturated carbocycles. The summed E-state index contributed by atoms with van der Waals surface area (Å²) < 4.78 is 10.7. The summed E-state index contributed by atoms with van der Waals surface area (Å²) in [7, 11) is 0. The number of unbranched alkanes of at least 4 members (excludes halogenated alkanes) is 44. The van der Waals surface area contributed by atoms with Crippen LogP contribution in [-0.2, 0) is 19.1 Å². The van der Waals surface area contributed by atoms with Gasteiger partial charge in [-0.05, 0) is 64.2 Å². The molecule has 1 N–H and O–H groups in total. The number of esters is 2. The standard InChI is InChI=1S/C61H116O5/c1-3-5-7-9-11-13-15-17-19-21-23-25-27-28-29-30-31-32-34-36-38-40-42-44-46-48-50-52-54-56-61(64)66-59(57-62)58-65-60(63)55-53-51-49-47-45-43-41-39-37-35-33-26-24-22-20-18-16-14-12-10-8-6-4-2/h21-24,59,62H,3-20,25-58H2,1-2H3/b23-21-,24-22-. The van der Waals surface area contributed by atoms with Gasteiger partial charge in [-0.2, -0.15) is 0 Å². The number of allylic oxidation sites excluding steroid dienone is 4. The number of carbonyl (C=O) groups excluding carboxylic acids is 2. The zero-order valence-electron chi connectivity index (χ0n) is 44.7. The van der Waals surface area contributed by atoms with Crippen LogP contribution in [0.3, 0.4) is 0 Å². The molecule has 0 aromatic rings. The number of aliphatic hydroxyl groups is 1. The van der Waals surface area contributed by atoms with Crippen LogP contribution in [0.2, 0.25) is 0 Å². The van der Waals surface area contributed by atoms with Gasteiger partial charge in [0.1, 0.15) is 6.61 Å². The van der Waals surface area contributed by atoms with Crippen LogP contribution in [-0.4, -0.2) is 36.4 Å². The first-order chi connectivity index (χ1) is 32.6. The highest BCUT2D eigenvalue weighted by molar-refractivity contribution is 5.70. The fraction of sp³-hybridized carbons (Fsp3) is 0.902. The Bertz CT molecular complexity index is 1010. The number of ether oxygens (including phenoxy) is 2. The number of carbonyl (C=O) groups is 2. The molecule has 0 heterocycles. The molecule has 0 fully saturated rings. The first kappa shape index (κ1) is 64.4. The van der Waals surface area contributed by atoms with E-state index in [1.807, 2.05) is 0 Å². The molecular weight excluding hydrogens is 813 g/mol. The van der Waals surface area contributed by atoms with Gasteiger partial charge >= 0.3 is 11.9 Å². The van der Waals surface area contributed by atoms with Crippen LogP contribution in [0.5, 0.6) is 0 Å². The molecule has 0 aliphatic carbocycles. The third-order valence-corrected chi connectivity index (χ3v) is 13.7. The molecule has 5 nitrogen and oxygen atoms in total. The molecule has 0 rings (SSSR count). The molecule has 0 spiro atoms. The maximum Gasteiger partial charge on any atom is 0.306 e. The van der Waals surface area contributed by atoms with Gasteiger partial charge in [0.2, 0.25) is 0 Å². The zero-order chi connectivity index (χ0) is 47.7. The lowest BCUT2D eigenvalue weighted by Crippen LogP contribution is -2.28. The Hall–Kier alpha value is -1.62. The van der Waals surface area contributed by atoms with Crippen LogP contribution in [0.4, 0.5) is 0 Å². The van der Waals surface area contributed by atoms with Crippen molar-refractivity contribution < 1.29 is 24.2 Å². The van der Waals surface area contributed by atoms with Gasteiger partial charge in [0.05, 0.1) is 6.61 Å². The van der Waals surface area contributed by atoms with Crippen LogP contribution in [0.1, 0.15) is 335 Å². The van der Waals surface area contributed by atoms with Crippen molar-refractivity contribution in [3.63, 3.8) is 0 Å². The predicted molar refractivity (Wildman–Crippen MR) is 288 cm³/mol. The van der Waals surface area contributed by atoms with Crippen LogP contribution in [0.15, 0.2) is 24.3 Å². The summed E-state index contributed by atoms with van der Waals surface area (Å²) in [5, 5.41) is 9.66. The average Bonchev–Trinajstić information content (AvgIpc) is 3.32. The smallest absolute Gasteiger partial charge is 0.306 e. The number of aliphatic hydroxyl groups excluding tert-OH is 1. The molecule has 1 unspecified atom stereocenters. The molecule has 0 amide bonds. The Morgan fingerprint density at radius 2 is 0.561 bits per heavy atom. The fourth-order valence-electron chi connectivity index (χ4n) is 9.20. The van der Waals surface area contributed by atoms with Crippen LogP contribution < -0.4 is 0 Å². The van der Waals surface area contributed by atoms with Crippen molar-refractivity contribution in [3.8, 4) is 0 Å². The highest BCUT2D eigenvalue weighted by atomic mass is 16.6. The van der Waals surface area contributed by atoms with Gasteiger partial charge in [0, 0.05) is 12.8 Å². The molecule has 0 aliphatic heterocycles. The zero-order valence-corrected chi connectivity index (χ0v) is 44.7. The third kappa shape index (κ3) is 55.0. The van der Waals surface area contributed by atoms with E-state index in [2.05, 4.69) is 38.2 Å². The maximum atomic E-state index is 12.3. The molecule has 0 radical (unpaired) electrons. The minimum atomic E-state index is -0.769. The minimum absolute atomic E-state index is 0.0605. The topological polar surface area (TPSA) is 72.8 Å². The SMILES string of the molecule is CCCCCCCCCC/C=C\CCCCCCCCCCCCCCCCCCCC(=O)OC(CO)COC(=O)CCCCCCCCCCCCC/C=C\CCCCCCCCCC. The summed E-state index contributed by atoms with van der Waals surface area (Å²) in [5.41, 5.74) is 0. The van der Waals surface area contributed by atoms with Gasteiger partial charge in [-0.1, -0.05) is 282 Å². The van der Waals surface area contributed by atoms with E-state index in [-0.39, 0.29) is 25.2 Å². The number of rotatable bonds is 56. The minimum Gasteiger partial charge on any atom is -0.462 e. The second kappa shape index (κ2) is 57.7. The van der Waals surface area contributed by atoms with E-state index < -0.39 is 6.10 Å². The Morgan fingerprint density at radius 1 is 0.333 bits per heavy atom. The lowest BCUT2D eigenvalue weighted by atomic mass is 10.0. The molecule has 0 saturated heterocycles. The molecular formula is C61H116O5.